The summed E-state index contributed by atoms with van der Waals surface area (Å²) in [6, 6.07) is 5.84. The topological polar surface area (TPSA) is 29.5 Å². The summed E-state index contributed by atoms with van der Waals surface area (Å²) in [6.07, 6.45) is 0. The smallest absolute Gasteiger partial charge is 0.341 e. The van der Waals surface area contributed by atoms with Crippen LogP contribution in [0.4, 0.5) is 4.39 Å². The summed E-state index contributed by atoms with van der Waals surface area (Å²) in [4.78, 5) is 13.7. The Balaban J connectivity index is 0.00000289. The number of ether oxygens (including phenoxy) is 1. The van der Waals surface area contributed by atoms with E-state index in [0.717, 1.165) is 13.1 Å². The minimum atomic E-state index is -0.602. The highest BCUT2D eigenvalue weighted by Crippen LogP contribution is 2.07. The molecule has 0 aliphatic carbocycles. The Morgan fingerprint density at radius 3 is 2.44 bits per heavy atom. The zero-order chi connectivity index (χ0) is 12.7. The summed E-state index contributed by atoms with van der Waals surface area (Å²) in [5.41, 5.74) is -0.00736. The van der Waals surface area contributed by atoms with Crippen LogP contribution in [0, 0.1) is 5.82 Å². The van der Waals surface area contributed by atoms with Crippen LogP contribution in [0.25, 0.3) is 0 Å². The molecule has 18 heavy (non-hydrogen) atoms. The molecule has 5 heteroatoms. The molecular formula is C13H19ClFNO2. The van der Waals surface area contributed by atoms with Gasteiger partial charge < -0.3 is 9.64 Å². The lowest BCUT2D eigenvalue weighted by molar-refractivity contribution is 0.0461. The standard InChI is InChI=1S/C13H18FNO2.ClH/c1-3-15(4-2)9-10-17-13(16)11-7-5-6-8-12(11)14;/h5-8H,3-4,9-10H2,1-2H3;1H. The molecular weight excluding hydrogens is 257 g/mol. The van der Waals surface area contributed by atoms with E-state index in [1.54, 1.807) is 12.1 Å². The second kappa shape index (κ2) is 8.89. The van der Waals surface area contributed by atoms with Gasteiger partial charge in [0.2, 0.25) is 0 Å². The maximum atomic E-state index is 13.2. The maximum Gasteiger partial charge on any atom is 0.341 e. The van der Waals surface area contributed by atoms with E-state index in [1.165, 1.54) is 12.1 Å². The van der Waals surface area contributed by atoms with E-state index < -0.39 is 11.8 Å². The van der Waals surface area contributed by atoms with Crippen LogP contribution < -0.4 is 0 Å². The monoisotopic (exact) mass is 275 g/mol. The fraction of sp³-hybridized carbons (Fsp3) is 0.462. The van der Waals surface area contributed by atoms with Gasteiger partial charge in [0.15, 0.2) is 0 Å². The molecule has 0 radical (unpaired) electrons. The summed E-state index contributed by atoms with van der Waals surface area (Å²) in [5.74, 6) is -1.14. The van der Waals surface area contributed by atoms with Crippen LogP contribution in [0.3, 0.4) is 0 Å². The molecule has 0 spiro atoms. The van der Waals surface area contributed by atoms with Gasteiger partial charge in [0, 0.05) is 6.54 Å². The predicted molar refractivity (Wildman–Crippen MR) is 71.7 cm³/mol. The Bertz CT molecular complexity index is 370. The number of esters is 1. The highest BCUT2D eigenvalue weighted by molar-refractivity contribution is 5.89. The number of halogens is 2. The molecule has 102 valence electrons. The van der Waals surface area contributed by atoms with E-state index in [-0.39, 0.29) is 24.6 Å². The Kier molecular flexibility index (Phi) is 8.33. The van der Waals surface area contributed by atoms with Crippen molar-refractivity contribution in [1.29, 1.82) is 0 Å². The van der Waals surface area contributed by atoms with Crippen LogP contribution in [0.5, 0.6) is 0 Å². The lowest BCUT2D eigenvalue weighted by Crippen LogP contribution is -2.28. The van der Waals surface area contributed by atoms with Gasteiger partial charge in [-0.3, -0.25) is 0 Å². The second-order valence-electron chi connectivity index (χ2n) is 3.64. The molecule has 0 aromatic heterocycles. The van der Waals surface area contributed by atoms with E-state index in [4.69, 9.17) is 4.74 Å². The third-order valence-electron chi connectivity index (χ3n) is 2.63. The van der Waals surface area contributed by atoms with Crippen LogP contribution in [0.2, 0.25) is 0 Å². The Morgan fingerprint density at radius 2 is 1.89 bits per heavy atom. The van der Waals surface area contributed by atoms with Gasteiger partial charge in [-0.2, -0.15) is 0 Å². The molecule has 0 aliphatic heterocycles. The molecule has 0 saturated carbocycles. The van der Waals surface area contributed by atoms with Gasteiger partial charge in [-0.15, -0.1) is 12.4 Å². The second-order valence-corrected chi connectivity index (χ2v) is 3.64. The summed E-state index contributed by atoms with van der Waals surface area (Å²) >= 11 is 0. The lowest BCUT2D eigenvalue weighted by atomic mass is 10.2. The molecule has 3 nitrogen and oxygen atoms in total. The number of hydrogen-bond donors (Lipinski definition) is 0. The highest BCUT2D eigenvalue weighted by atomic mass is 35.5. The third kappa shape index (κ3) is 5.02. The van der Waals surface area contributed by atoms with Crippen LogP contribution in [0.15, 0.2) is 24.3 Å². The van der Waals surface area contributed by atoms with Crippen molar-refractivity contribution in [2.45, 2.75) is 13.8 Å². The molecule has 0 bridgehead atoms. The van der Waals surface area contributed by atoms with Crippen molar-refractivity contribution in [3.05, 3.63) is 35.6 Å². The van der Waals surface area contributed by atoms with E-state index in [2.05, 4.69) is 4.90 Å². The lowest BCUT2D eigenvalue weighted by Gasteiger charge is -2.17. The van der Waals surface area contributed by atoms with Crippen LogP contribution in [-0.4, -0.2) is 37.1 Å². The molecule has 0 heterocycles. The molecule has 0 unspecified atom stereocenters. The fourth-order valence-corrected chi connectivity index (χ4v) is 1.51. The van der Waals surface area contributed by atoms with Gasteiger partial charge in [-0.05, 0) is 25.2 Å². The van der Waals surface area contributed by atoms with Gasteiger partial charge in [-0.25, -0.2) is 9.18 Å². The summed E-state index contributed by atoms with van der Waals surface area (Å²) < 4.78 is 18.3. The Labute approximate surface area is 113 Å². The maximum absolute atomic E-state index is 13.2. The number of carbonyl (C=O) groups excluding carboxylic acids is 1. The Hall–Kier alpha value is -1.13. The van der Waals surface area contributed by atoms with Crippen LogP contribution in [-0.2, 0) is 4.74 Å². The fourth-order valence-electron chi connectivity index (χ4n) is 1.51. The third-order valence-corrected chi connectivity index (χ3v) is 2.63. The molecule has 0 N–H and O–H groups in total. The van der Waals surface area contributed by atoms with Crippen molar-refractivity contribution in [3.63, 3.8) is 0 Å². The molecule has 1 aromatic rings. The van der Waals surface area contributed by atoms with Crippen molar-refractivity contribution in [3.8, 4) is 0 Å². The average Bonchev–Trinajstić information content (AvgIpc) is 2.35. The molecule has 0 atom stereocenters. The highest BCUT2D eigenvalue weighted by Gasteiger charge is 2.12. The van der Waals surface area contributed by atoms with Crippen molar-refractivity contribution in [2.24, 2.45) is 0 Å². The predicted octanol–water partition coefficient (Wildman–Crippen LogP) is 2.75. The van der Waals surface area contributed by atoms with E-state index in [0.29, 0.717) is 6.54 Å². The SMILES string of the molecule is CCN(CC)CCOC(=O)c1ccccc1F.Cl. The first-order chi connectivity index (χ1) is 8.19. The summed E-state index contributed by atoms with van der Waals surface area (Å²) in [6.45, 7) is 6.87. The first kappa shape index (κ1) is 16.9. The minimum absolute atomic E-state index is 0. The van der Waals surface area contributed by atoms with Crippen LogP contribution >= 0.6 is 12.4 Å². The number of nitrogens with zero attached hydrogens (tertiary/aromatic N) is 1. The number of rotatable bonds is 6. The van der Waals surface area contributed by atoms with E-state index in [1.807, 2.05) is 13.8 Å². The number of carbonyl (C=O) groups is 1. The van der Waals surface area contributed by atoms with Gasteiger partial charge in [-0.1, -0.05) is 26.0 Å². The van der Waals surface area contributed by atoms with Crippen molar-refractivity contribution >= 4 is 18.4 Å². The molecule has 1 aromatic carbocycles. The molecule has 1 rings (SSSR count). The van der Waals surface area contributed by atoms with E-state index in [9.17, 15) is 9.18 Å². The molecule has 0 aliphatic rings. The minimum Gasteiger partial charge on any atom is -0.461 e. The normalized spacial score (nSPS) is 10.0. The molecule has 0 amide bonds. The molecule has 0 saturated heterocycles. The van der Waals surface area contributed by atoms with Crippen molar-refractivity contribution < 1.29 is 13.9 Å². The average molecular weight is 276 g/mol. The van der Waals surface area contributed by atoms with Gasteiger partial charge in [0.05, 0.1) is 5.56 Å². The number of benzene rings is 1. The van der Waals surface area contributed by atoms with Gasteiger partial charge >= 0.3 is 5.97 Å². The number of hydrogen-bond acceptors (Lipinski definition) is 3. The summed E-state index contributed by atoms with van der Waals surface area (Å²) in [5, 5.41) is 0. The zero-order valence-electron chi connectivity index (χ0n) is 10.7. The summed E-state index contributed by atoms with van der Waals surface area (Å²) in [7, 11) is 0. The van der Waals surface area contributed by atoms with Gasteiger partial charge in [0.25, 0.3) is 0 Å². The first-order valence-corrected chi connectivity index (χ1v) is 5.83. The zero-order valence-corrected chi connectivity index (χ0v) is 11.5. The number of likely N-dealkylation sites (N-methyl/N-ethyl adjacent to an activating group) is 1. The Morgan fingerprint density at radius 1 is 1.28 bits per heavy atom. The first-order valence-electron chi connectivity index (χ1n) is 5.83. The quantitative estimate of drug-likeness (QED) is 0.748. The van der Waals surface area contributed by atoms with Crippen molar-refractivity contribution in [1.82, 2.24) is 4.90 Å². The molecule has 0 fully saturated rings. The van der Waals surface area contributed by atoms with Crippen molar-refractivity contribution in [2.75, 3.05) is 26.2 Å². The largest absolute Gasteiger partial charge is 0.461 e. The van der Waals surface area contributed by atoms with Crippen LogP contribution in [0.1, 0.15) is 24.2 Å². The van der Waals surface area contributed by atoms with E-state index >= 15 is 0 Å². The van der Waals surface area contributed by atoms with Gasteiger partial charge in [0.1, 0.15) is 12.4 Å².